The number of aromatic hydroxyl groups is 2. The molecule has 12 nitrogen and oxygen atoms in total. The van der Waals surface area contributed by atoms with E-state index >= 15 is 0 Å². The number of rotatable bonds is 6. The molecule has 0 fully saturated rings. The molecule has 0 atom stereocenters. The lowest BCUT2D eigenvalue weighted by Crippen LogP contribution is -1.99. The molecular formula is C31H20N6O6. The molecule has 4 aromatic carbocycles. The van der Waals surface area contributed by atoms with E-state index in [-0.39, 0.29) is 22.6 Å². The molecule has 0 spiro atoms. The lowest BCUT2D eigenvalue weighted by atomic mass is 9.99. The number of benzene rings is 4. The van der Waals surface area contributed by atoms with Crippen molar-refractivity contribution in [3.63, 3.8) is 0 Å². The van der Waals surface area contributed by atoms with Crippen LogP contribution in [0.2, 0.25) is 0 Å². The Balaban J connectivity index is 1.18. The monoisotopic (exact) mass is 572 g/mol. The SMILES string of the molecule is O=C(O)c1ccc(-n2cc(-c3ccc4c(c3)-c3cc(-c5cn(-c6ccc(C(=O)O)c(O)c6)nn5)ccc3C4)nn2)cc1O. The van der Waals surface area contributed by atoms with E-state index in [1.165, 1.54) is 33.6 Å². The Hall–Kier alpha value is -6.30. The van der Waals surface area contributed by atoms with Gasteiger partial charge in [-0.25, -0.2) is 19.0 Å². The second kappa shape index (κ2) is 9.66. The van der Waals surface area contributed by atoms with Crippen molar-refractivity contribution in [2.24, 2.45) is 0 Å². The number of aromatic nitrogens is 6. The van der Waals surface area contributed by atoms with Gasteiger partial charge >= 0.3 is 11.9 Å². The van der Waals surface area contributed by atoms with Gasteiger partial charge in [-0.05, 0) is 65.1 Å². The lowest BCUT2D eigenvalue weighted by Gasteiger charge is -2.06. The summed E-state index contributed by atoms with van der Waals surface area (Å²) in [4.78, 5) is 22.4. The van der Waals surface area contributed by atoms with Crippen LogP contribution in [-0.4, -0.2) is 62.4 Å². The summed E-state index contributed by atoms with van der Waals surface area (Å²) in [5.41, 5.74) is 7.86. The first-order chi connectivity index (χ1) is 20.7. The fourth-order valence-electron chi connectivity index (χ4n) is 5.22. The van der Waals surface area contributed by atoms with E-state index in [4.69, 9.17) is 10.2 Å². The zero-order valence-corrected chi connectivity index (χ0v) is 22.1. The lowest BCUT2D eigenvalue weighted by molar-refractivity contribution is 0.0682. The van der Waals surface area contributed by atoms with Gasteiger partial charge in [-0.15, -0.1) is 10.2 Å². The van der Waals surface area contributed by atoms with Crippen molar-refractivity contribution in [3.05, 3.63) is 107 Å². The first-order valence-corrected chi connectivity index (χ1v) is 13.0. The number of nitrogens with zero attached hydrogens (tertiary/aromatic N) is 6. The Bertz CT molecular complexity index is 1960. The summed E-state index contributed by atoms with van der Waals surface area (Å²) in [6.07, 6.45) is 4.19. The van der Waals surface area contributed by atoms with Crippen molar-refractivity contribution >= 4 is 11.9 Å². The Morgan fingerprint density at radius 1 is 0.605 bits per heavy atom. The normalized spacial score (nSPS) is 11.7. The standard InChI is InChI=1S/C31H20N6O6/c38-28-12-20(5-7-22(28)30(40)41)36-14-26(32-34-36)18-3-1-16-9-17-2-4-19(11-25(17)24(16)10-18)27-15-37(35-33-27)21-6-8-23(31(42)43)29(39)13-21/h1-8,10-15,38-39H,9H2,(H,40,41)(H,42,43). The largest absolute Gasteiger partial charge is 0.507 e. The van der Waals surface area contributed by atoms with Gasteiger partial charge in [0.05, 0.1) is 23.8 Å². The second-order valence-corrected chi connectivity index (χ2v) is 10.0. The molecule has 2 aromatic heterocycles. The van der Waals surface area contributed by atoms with Gasteiger partial charge in [-0.2, -0.15) is 0 Å². The number of hydrogen-bond donors (Lipinski definition) is 4. The number of phenols is 2. The number of hydrogen-bond acceptors (Lipinski definition) is 8. The van der Waals surface area contributed by atoms with Crippen molar-refractivity contribution in [2.45, 2.75) is 6.42 Å². The van der Waals surface area contributed by atoms with E-state index in [0.29, 0.717) is 22.8 Å². The van der Waals surface area contributed by atoms with Crippen LogP contribution in [0, 0.1) is 0 Å². The number of aromatic carboxylic acids is 2. The predicted octanol–water partition coefficient (Wildman–Crippen LogP) is 4.56. The Labute approximate surface area is 242 Å². The average Bonchev–Trinajstić information content (AvgIpc) is 3.75. The molecule has 2 heterocycles. The molecule has 0 radical (unpaired) electrons. The van der Waals surface area contributed by atoms with E-state index in [2.05, 4.69) is 32.8 Å². The summed E-state index contributed by atoms with van der Waals surface area (Å²) in [5, 5.41) is 55.4. The highest BCUT2D eigenvalue weighted by Crippen LogP contribution is 2.40. The fourth-order valence-corrected chi connectivity index (χ4v) is 5.22. The maximum absolute atomic E-state index is 11.2. The Morgan fingerprint density at radius 2 is 1.05 bits per heavy atom. The molecule has 0 unspecified atom stereocenters. The minimum Gasteiger partial charge on any atom is -0.507 e. The Morgan fingerprint density at radius 3 is 1.44 bits per heavy atom. The topological polar surface area (TPSA) is 176 Å². The average molecular weight is 573 g/mol. The zero-order valence-electron chi connectivity index (χ0n) is 22.1. The van der Waals surface area contributed by atoms with Crippen molar-refractivity contribution in [3.8, 4) is 56.5 Å². The zero-order chi connectivity index (χ0) is 29.8. The van der Waals surface area contributed by atoms with Crippen LogP contribution in [0.5, 0.6) is 11.5 Å². The van der Waals surface area contributed by atoms with E-state index in [1.807, 2.05) is 24.3 Å². The van der Waals surface area contributed by atoms with Gasteiger partial charge in [0.2, 0.25) is 0 Å². The highest BCUT2D eigenvalue weighted by molar-refractivity contribution is 5.91. The molecule has 0 saturated carbocycles. The molecule has 6 aromatic rings. The van der Waals surface area contributed by atoms with Crippen LogP contribution in [0.15, 0.2) is 85.2 Å². The number of carbonyl (C=O) groups is 2. The van der Waals surface area contributed by atoms with Crippen LogP contribution in [0.3, 0.4) is 0 Å². The molecule has 0 bridgehead atoms. The minimum absolute atomic E-state index is 0.197. The van der Waals surface area contributed by atoms with Gasteiger partial charge in [0.1, 0.15) is 34.0 Å². The molecule has 7 rings (SSSR count). The van der Waals surface area contributed by atoms with Crippen LogP contribution in [-0.2, 0) is 6.42 Å². The third-order valence-corrected chi connectivity index (χ3v) is 7.42. The number of carboxylic acid groups (broad SMARTS) is 2. The highest BCUT2D eigenvalue weighted by atomic mass is 16.4. The van der Waals surface area contributed by atoms with E-state index < -0.39 is 11.9 Å². The Kier molecular flexibility index (Phi) is 5.76. The van der Waals surface area contributed by atoms with Crippen LogP contribution in [0.25, 0.3) is 45.0 Å². The van der Waals surface area contributed by atoms with Crippen molar-refractivity contribution in [2.75, 3.05) is 0 Å². The summed E-state index contributed by atoms with van der Waals surface area (Å²) in [7, 11) is 0. The van der Waals surface area contributed by atoms with Crippen molar-refractivity contribution < 1.29 is 30.0 Å². The minimum atomic E-state index is -1.22. The fraction of sp³-hybridized carbons (Fsp3) is 0.0323. The smallest absolute Gasteiger partial charge is 0.339 e. The van der Waals surface area contributed by atoms with Gasteiger partial charge in [-0.3, -0.25) is 0 Å². The van der Waals surface area contributed by atoms with Crippen LogP contribution < -0.4 is 0 Å². The highest BCUT2D eigenvalue weighted by Gasteiger charge is 2.21. The summed E-state index contributed by atoms with van der Waals surface area (Å²) >= 11 is 0. The molecule has 43 heavy (non-hydrogen) atoms. The first-order valence-electron chi connectivity index (χ1n) is 13.0. The van der Waals surface area contributed by atoms with E-state index in [9.17, 15) is 19.8 Å². The predicted molar refractivity (Wildman–Crippen MR) is 153 cm³/mol. The number of carboxylic acids is 2. The second-order valence-electron chi connectivity index (χ2n) is 10.0. The first kappa shape index (κ1) is 25.7. The summed E-state index contributed by atoms with van der Waals surface area (Å²) in [6.45, 7) is 0. The van der Waals surface area contributed by atoms with E-state index in [0.717, 1.165) is 39.8 Å². The third-order valence-electron chi connectivity index (χ3n) is 7.42. The van der Waals surface area contributed by atoms with Gasteiger partial charge in [-0.1, -0.05) is 34.7 Å². The van der Waals surface area contributed by atoms with Crippen LogP contribution in [0.4, 0.5) is 0 Å². The molecular weight excluding hydrogens is 552 g/mol. The van der Waals surface area contributed by atoms with Crippen molar-refractivity contribution in [1.82, 2.24) is 30.0 Å². The molecule has 1 aliphatic rings. The summed E-state index contributed by atoms with van der Waals surface area (Å²) < 4.78 is 2.94. The quantitative estimate of drug-likeness (QED) is 0.221. The van der Waals surface area contributed by atoms with Gasteiger partial charge in [0.15, 0.2) is 0 Å². The van der Waals surface area contributed by atoms with E-state index in [1.54, 1.807) is 24.5 Å². The maximum atomic E-state index is 11.2. The number of fused-ring (bicyclic) bond motifs is 3. The van der Waals surface area contributed by atoms with Gasteiger partial charge in [0, 0.05) is 23.3 Å². The molecule has 0 aliphatic heterocycles. The molecule has 0 saturated heterocycles. The molecule has 1 aliphatic carbocycles. The van der Waals surface area contributed by atoms with Crippen LogP contribution >= 0.6 is 0 Å². The summed E-state index contributed by atoms with van der Waals surface area (Å²) in [6, 6.07) is 20.5. The molecule has 0 amide bonds. The third kappa shape index (κ3) is 4.43. The molecule has 210 valence electrons. The maximum Gasteiger partial charge on any atom is 0.339 e. The molecule has 12 heteroatoms. The summed E-state index contributed by atoms with van der Waals surface area (Å²) in [5.74, 6) is -3.16. The van der Waals surface area contributed by atoms with Crippen molar-refractivity contribution in [1.29, 1.82) is 0 Å². The van der Waals surface area contributed by atoms with Gasteiger partial charge < -0.3 is 20.4 Å². The van der Waals surface area contributed by atoms with Crippen LogP contribution in [0.1, 0.15) is 31.8 Å². The van der Waals surface area contributed by atoms with Gasteiger partial charge in [0.25, 0.3) is 0 Å². The molecule has 4 N–H and O–H groups in total.